The summed E-state index contributed by atoms with van der Waals surface area (Å²) < 4.78 is 13.7. The first-order valence-corrected chi connectivity index (χ1v) is 24.3. The number of nitrogens with zero attached hydrogens (tertiary/aromatic N) is 2. The van der Waals surface area contributed by atoms with Gasteiger partial charge >= 0.3 is 0 Å². The Morgan fingerprint density at radius 1 is 0.388 bits per heavy atom. The van der Waals surface area contributed by atoms with Crippen molar-refractivity contribution in [2.45, 2.75) is 0 Å². The maximum Gasteiger partial charge on any atom is 0.115 e. The van der Waals surface area contributed by atoms with Gasteiger partial charge < -0.3 is 0 Å². The third-order valence-electron chi connectivity index (χ3n) is 6.65. The Hall–Kier alpha value is -2.66. The summed E-state index contributed by atoms with van der Waals surface area (Å²) in [7, 11) is 1.77. The Bertz CT molecular complexity index is 2200. The van der Waals surface area contributed by atoms with Gasteiger partial charge in [0, 0.05) is 52.1 Å². The van der Waals surface area contributed by atoms with E-state index in [1.807, 2.05) is 33.4 Å². The van der Waals surface area contributed by atoms with Gasteiger partial charge in [0.2, 0.25) is 0 Å². The number of thiophene rings is 9. The van der Waals surface area contributed by atoms with Crippen LogP contribution >= 0.6 is 113 Å². The SMILES string of the molecule is C1=S=Cc2cscc21.c1cc2ccsc2s1.c1cc2cscc2s1.c1cc2sccc2s1.c1ccc2cscc2c1.c1scc2c1N=S=N2. The molecule has 1 aromatic carbocycles. The lowest BCUT2D eigenvalue weighted by molar-refractivity contribution is 1.62. The quantitative estimate of drug-likeness (QED) is 0.136. The van der Waals surface area contributed by atoms with Crippen LogP contribution in [-0.2, 0) is 11.4 Å². The standard InChI is InChI=1S/C8H6S.4C6H4S2.C4H2N2S2/c1-2-4-8-6-9-5-7(8)3-1;1-5-2-8-4-6(5)3-7-1;1-3-7-6-2-4-8-5(1)6;1-3-7-6-5(1)2-4-8-6;1-2-8-6-4-7-3-5(1)6;1-3-4(2-7-1)6-8-5-3/h1-6H;4*1-4H;1-2H. The molecule has 0 saturated carbocycles. The maximum absolute atomic E-state index is 4.02. The molecule has 0 amide bonds. The van der Waals surface area contributed by atoms with E-state index in [0.29, 0.717) is 0 Å². The minimum absolute atomic E-state index is 1.03. The molecule has 244 valence electrons. The highest BCUT2D eigenvalue weighted by molar-refractivity contribution is 7.97. The molecule has 13 heteroatoms. The molecule has 2 aliphatic rings. The van der Waals surface area contributed by atoms with Crippen LogP contribution in [0.2, 0.25) is 0 Å². The minimum Gasteiger partial charge on any atom is -0.172 e. The zero-order valence-electron chi connectivity index (χ0n) is 25.2. The van der Waals surface area contributed by atoms with Crippen molar-refractivity contribution in [2.75, 3.05) is 0 Å². The fourth-order valence-corrected chi connectivity index (χ4v) is 13.4. The summed E-state index contributed by atoms with van der Waals surface area (Å²) in [5, 5.41) is 37.5. The van der Waals surface area contributed by atoms with E-state index >= 15 is 0 Å². The van der Waals surface area contributed by atoms with E-state index in [9.17, 15) is 0 Å². The van der Waals surface area contributed by atoms with Gasteiger partial charge in [-0.2, -0.15) is 53.7 Å². The monoisotopic (exact) mass is 836 g/mol. The molecule has 0 radical (unpaired) electrons. The van der Waals surface area contributed by atoms with E-state index in [-0.39, 0.29) is 0 Å². The summed E-state index contributed by atoms with van der Waals surface area (Å²) >= 11 is 17.2. The highest BCUT2D eigenvalue weighted by Gasteiger charge is 2.02. The molecule has 0 aliphatic carbocycles. The zero-order chi connectivity index (χ0) is 33.1. The van der Waals surface area contributed by atoms with E-state index in [0.717, 1.165) is 11.4 Å². The lowest BCUT2D eigenvalue weighted by Crippen LogP contribution is -1.72. The molecule has 0 N–H and O–H groups in total. The van der Waals surface area contributed by atoms with E-state index in [4.69, 9.17) is 0 Å². The first-order chi connectivity index (χ1) is 24.3. The Balaban J connectivity index is 0.0000000926. The van der Waals surface area contributed by atoms with Gasteiger partial charge in [0.1, 0.15) is 11.4 Å². The molecule has 2 nitrogen and oxygen atoms in total. The molecule has 10 aromatic rings. The predicted molar refractivity (Wildman–Crippen MR) is 239 cm³/mol. The highest BCUT2D eigenvalue weighted by Crippen LogP contribution is 2.34. The fraction of sp³-hybridized carbons (Fsp3) is 0. The molecular formula is C36H24N2S11. The van der Waals surface area contributed by atoms with Crippen LogP contribution in [-0.4, -0.2) is 10.7 Å². The van der Waals surface area contributed by atoms with Gasteiger partial charge in [0.05, 0.1) is 15.4 Å². The third kappa shape index (κ3) is 9.57. The Morgan fingerprint density at radius 3 is 1.49 bits per heavy atom. The summed E-state index contributed by atoms with van der Waals surface area (Å²) in [6.07, 6.45) is 0. The second-order valence-corrected chi connectivity index (χ2v) is 19.0. The summed E-state index contributed by atoms with van der Waals surface area (Å²) in [5.41, 5.74) is 4.83. The van der Waals surface area contributed by atoms with Gasteiger partial charge in [0.25, 0.3) is 0 Å². The van der Waals surface area contributed by atoms with Crippen molar-refractivity contribution in [3.8, 4) is 0 Å². The van der Waals surface area contributed by atoms with Crippen molar-refractivity contribution < 1.29 is 0 Å². The largest absolute Gasteiger partial charge is 0.172 e. The van der Waals surface area contributed by atoms with Gasteiger partial charge in [0.15, 0.2) is 0 Å². The topological polar surface area (TPSA) is 24.7 Å². The molecule has 0 spiro atoms. The normalized spacial score (nSPS) is 11.4. The van der Waals surface area contributed by atoms with Crippen molar-refractivity contribution in [2.24, 2.45) is 8.73 Å². The smallest absolute Gasteiger partial charge is 0.115 e. The van der Waals surface area contributed by atoms with Crippen LogP contribution in [0.3, 0.4) is 0 Å². The molecule has 0 saturated heterocycles. The van der Waals surface area contributed by atoms with Crippen molar-refractivity contribution in [3.05, 3.63) is 136 Å². The van der Waals surface area contributed by atoms with Crippen molar-refractivity contribution in [3.63, 3.8) is 0 Å². The zero-order valence-corrected chi connectivity index (χ0v) is 34.2. The molecule has 9 aromatic heterocycles. The molecule has 11 heterocycles. The van der Waals surface area contributed by atoms with Gasteiger partial charge in [-0.05, 0) is 106 Å². The molecule has 0 fully saturated rings. The summed E-state index contributed by atoms with van der Waals surface area (Å²) in [5.74, 6) is 0. The average molecular weight is 837 g/mol. The van der Waals surface area contributed by atoms with Gasteiger partial charge in [-0.3, -0.25) is 0 Å². The van der Waals surface area contributed by atoms with Crippen LogP contribution in [0.5, 0.6) is 0 Å². The average Bonchev–Trinajstić information content (AvgIpc) is 3.95. The first-order valence-electron chi connectivity index (χ1n) is 14.4. The van der Waals surface area contributed by atoms with Crippen LogP contribution in [0.4, 0.5) is 11.4 Å². The number of hydrogen-bond donors (Lipinski definition) is 0. The van der Waals surface area contributed by atoms with E-state index in [1.54, 1.807) is 90.3 Å². The van der Waals surface area contributed by atoms with Gasteiger partial charge in [-0.15, -0.1) is 68.0 Å². The highest BCUT2D eigenvalue weighted by atomic mass is 32.2. The minimum atomic E-state index is 1.03. The lowest BCUT2D eigenvalue weighted by Gasteiger charge is -1.82. The molecule has 0 unspecified atom stereocenters. The van der Waals surface area contributed by atoms with Crippen molar-refractivity contribution in [1.82, 2.24) is 0 Å². The summed E-state index contributed by atoms with van der Waals surface area (Å²) in [6.45, 7) is 0. The maximum atomic E-state index is 4.02. The summed E-state index contributed by atoms with van der Waals surface area (Å²) in [6, 6.07) is 19.2. The fourth-order valence-electron chi connectivity index (χ4n) is 4.21. The van der Waals surface area contributed by atoms with Gasteiger partial charge in [-0.25, -0.2) is 0 Å². The second kappa shape index (κ2) is 18.0. The van der Waals surface area contributed by atoms with Crippen molar-refractivity contribution >= 4 is 186 Å². The van der Waals surface area contributed by atoms with Crippen LogP contribution in [0.25, 0.3) is 39.7 Å². The molecule has 0 atom stereocenters. The molecule has 49 heavy (non-hydrogen) atoms. The number of fused-ring (bicyclic) bond motifs is 6. The number of rotatable bonds is 0. The van der Waals surface area contributed by atoms with Gasteiger partial charge in [-0.1, -0.05) is 24.3 Å². The van der Waals surface area contributed by atoms with E-state index < -0.39 is 0 Å². The molecule has 12 rings (SSSR count). The Kier molecular flexibility index (Phi) is 12.8. The van der Waals surface area contributed by atoms with Crippen LogP contribution < -0.4 is 0 Å². The number of benzene rings is 1. The second-order valence-electron chi connectivity index (χ2n) is 9.83. The Morgan fingerprint density at radius 2 is 0.878 bits per heavy atom. The van der Waals surface area contributed by atoms with E-state index in [1.165, 1.54) is 62.1 Å². The van der Waals surface area contributed by atoms with Crippen LogP contribution in [0, 0.1) is 0 Å². The van der Waals surface area contributed by atoms with E-state index in [2.05, 4.69) is 133 Å². The van der Waals surface area contributed by atoms with Crippen LogP contribution in [0.1, 0.15) is 11.1 Å². The molecule has 0 bridgehead atoms. The summed E-state index contributed by atoms with van der Waals surface area (Å²) in [4.78, 5) is 0. The predicted octanol–water partition coefficient (Wildman–Crippen LogP) is 16.1. The molecular weight excluding hydrogens is 813 g/mol. The first kappa shape index (κ1) is 34.8. The van der Waals surface area contributed by atoms with Crippen LogP contribution in [0.15, 0.2) is 133 Å². The number of hydrogen-bond acceptors (Lipinski definition) is 11. The third-order valence-corrected chi connectivity index (χ3v) is 16.0. The Labute approximate surface area is 326 Å². The molecule has 2 aliphatic heterocycles. The lowest BCUT2D eigenvalue weighted by atomic mass is 10.2. The van der Waals surface area contributed by atoms with Crippen molar-refractivity contribution in [1.29, 1.82) is 0 Å².